The highest BCUT2D eigenvalue weighted by Crippen LogP contribution is 2.37. The molecule has 0 fully saturated rings. The number of fused-ring (bicyclic) bond motifs is 1. The summed E-state index contributed by atoms with van der Waals surface area (Å²) in [6.07, 6.45) is 3.14. The number of benzene rings is 1. The van der Waals surface area contributed by atoms with Crippen molar-refractivity contribution in [1.29, 1.82) is 0 Å². The molecule has 1 aromatic heterocycles. The molecule has 0 N–H and O–H groups in total. The number of halogens is 1. The van der Waals surface area contributed by atoms with Crippen molar-refractivity contribution < 1.29 is 0 Å². The van der Waals surface area contributed by atoms with Gasteiger partial charge in [0, 0.05) is 21.7 Å². The van der Waals surface area contributed by atoms with Crippen LogP contribution in [0.5, 0.6) is 0 Å². The monoisotopic (exact) mass is 309 g/mol. The lowest BCUT2D eigenvalue weighted by Gasteiger charge is -2.06. The van der Waals surface area contributed by atoms with Gasteiger partial charge in [-0.15, -0.1) is 16.9 Å². The Hall–Kier alpha value is -0.810. The zero-order valence-electron chi connectivity index (χ0n) is 9.21. The van der Waals surface area contributed by atoms with E-state index in [1.807, 2.05) is 22.6 Å². The predicted octanol–water partition coefficient (Wildman–Crippen LogP) is 2.89. The highest BCUT2D eigenvalue weighted by molar-refractivity contribution is 9.08. The normalized spacial score (nSPS) is 18.3. The molecule has 1 aliphatic rings. The third-order valence-corrected chi connectivity index (χ3v) is 4.70. The van der Waals surface area contributed by atoms with Crippen molar-refractivity contribution in [2.45, 2.75) is 28.4 Å². The van der Waals surface area contributed by atoms with Crippen LogP contribution in [0.2, 0.25) is 0 Å². The number of aromatic nitrogens is 3. The van der Waals surface area contributed by atoms with E-state index in [-0.39, 0.29) is 0 Å². The van der Waals surface area contributed by atoms with E-state index in [1.54, 1.807) is 0 Å². The lowest BCUT2D eigenvalue weighted by molar-refractivity contribution is 0.572. The minimum absolute atomic E-state index is 0.581. The molecular weight excluding hydrogens is 298 g/mol. The maximum atomic E-state index is 4.14. The van der Waals surface area contributed by atoms with E-state index in [2.05, 4.69) is 50.5 Å². The van der Waals surface area contributed by atoms with Gasteiger partial charge in [0.25, 0.3) is 0 Å². The molecular formula is C12H12BrN3S. The fourth-order valence-corrected chi connectivity index (χ4v) is 3.62. The molecule has 2 heterocycles. The molecule has 3 rings (SSSR count). The molecule has 0 amide bonds. The molecule has 0 bridgehead atoms. The second kappa shape index (κ2) is 4.82. The Morgan fingerprint density at radius 3 is 3.06 bits per heavy atom. The maximum absolute atomic E-state index is 4.14. The Labute approximate surface area is 113 Å². The molecule has 1 aromatic carbocycles. The van der Waals surface area contributed by atoms with Crippen LogP contribution < -0.4 is 0 Å². The number of thioether (sulfide) groups is 1. The predicted molar refractivity (Wildman–Crippen MR) is 72.4 cm³/mol. The maximum Gasteiger partial charge on any atom is 0.0932 e. The first-order valence-electron chi connectivity index (χ1n) is 5.54. The van der Waals surface area contributed by atoms with Crippen LogP contribution in [0.1, 0.15) is 11.3 Å². The number of rotatable bonds is 3. The Morgan fingerprint density at radius 1 is 1.41 bits per heavy atom. The molecule has 3 nitrogen and oxygen atoms in total. The quantitative estimate of drug-likeness (QED) is 0.817. The van der Waals surface area contributed by atoms with Gasteiger partial charge in [-0.25, -0.2) is 0 Å². The summed E-state index contributed by atoms with van der Waals surface area (Å²) >= 11 is 5.33. The topological polar surface area (TPSA) is 30.7 Å². The SMILES string of the molecule is BrCc1cn(CC2Cc3ccccc3S2)nn1. The van der Waals surface area contributed by atoms with E-state index in [0.717, 1.165) is 24.0 Å². The van der Waals surface area contributed by atoms with E-state index < -0.39 is 0 Å². The Balaban J connectivity index is 1.69. The van der Waals surface area contributed by atoms with Crippen LogP contribution in [0.15, 0.2) is 35.4 Å². The van der Waals surface area contributed by atoms with E-state index >= 15 is 0 Å². The van der Waals surface area contributed by atoms with Crippen LogP contribution in [0.4, 0.5) is 0 Å². The molecule has 0 saturated carbocycles. The number of hydrogen-bond donors (Lipinski definition) is 0. The highest BCUT2D eigenvalue weighted by Gasteiger charge is 2.22. The molecule has 0 saturated heterocycles. The first-order valence-corrected chi connectivity index (χ1v) is 7.55. The lowest BCUT2D eigenvalue weighted by atomic mass is 10.1. The molecule has 0 spiro atoms. The fourth-order valence-electron chi connectivity index (χ4n) is 2.05. The zero-order chi connectivity index (χ0) is 11.7. The van der Waals surface area contributed by atoms with Crippen molar-refractivity contribution in [3.63, 3.8) is 0 Å². The van der Waals surface area contributed by atoms with Gasteiger partial charge in [0.15, 0.2) is 0 Å². The third-order valence-electron chi connectivity index (χ3n) is 2.83. The summed E-state index contributed by atoms with van der Waals surface area (Å²) < 4.78 is 1.94. The Morgan fingerprint density at radius 2 is 2.29 bits per heavy atom. The van der Waals surface area contributed by atoms with Gasteiger partial charge >= 0.3 is 0 Å². The van der Waals surface area contributed by atoms with Crippen LogP contribution in [-0.4, -0.2) is 20.2 Å². The van der Waals surface area contributed by atoms with Crippen LogP contribution in [0.3, 0.4) is 0 Å². The Bertz CT molecular complexity index is 501. The molecule has 17 heavy (non-hydrogen) atoms. The van der Waals surface area contributed by atoms with E-state index in [9.17, 15) is 0 Å². The van der Waals surface area contributed by atoms with E-state index in [0.29, 0.717) is 5.25 Å². The summed E-state index contributed by atoms with van der Waals surface area (Å²) in [4.78, 5) is 1.42. The van der Waals surface area contributed by atoms with Crippen molar-refractivity contribution in [3.8, 4) is 0 Å². The largest absolute Gasteiger partial charge is 0.251 e. The van der Waals surface area contributed by atoms with Gasteiger partial charge in [0.2, 0.25) is 0 Å². The fraction of sp³-hybridized carbons (Fsp3) is 0.333. The molecule has 2 aromatic rings. The summed E-state index contributed by atoms with van der Waals surface area (Å²) in [6.45, 7) is 0.930. The van der Waals surface area contributed by atoms with Gasteiger partial charge in [-0.1, -0.05) is 39.3 Å². The summed E-state index contributed by atoms with van der Waals surface area (Å²) in [5.41, 5.74) is 2.45. The highest BCUT2D eigenvalue weighted by atomic mass is 79.9. The minimum atomic E-state index is 0.581. The summed E-state index contributed by atoms with van der Waals surface area (Å²) in [5, 5.41) is 9.57. The third kappa shape index (κ3) is 2.40. The van der Waals surface area contributed by atoms with E-state index in [1.165, 1.54) is 10.5 Å². The van der Waals surface area contributed by atoms with Gasteiger partial charge in [0.1, 0.15) is 0 Å². The van der Waals surface area contributed by atoms with Crippen LogP contribution in [0, 0.1) is 0 Å². The summed E-state index contributed by atoms with van der Waals surface area (Å²) in [6, 6.07) is 8.63. The number of nitrogens with zero attached hydrogens (tertiary/aromatic N) is 3. The molecule has 0 radical (unpaired) electrons. The standard InChI is InChI=1S/C12H12BrN3S/c13-6-10-7-16(15-14-10)8-11-5-9-3-1-2-4-12(9)17-11/h1-4,7,11H,5-6,8H2. The summed E-state index contributed by atoms with van der Waals surface area (Å²) in [7, 11) is 0. The van der Waals surface area contributed by atoms with E-state index in [4.69, 9.17) is 0 Å². The molecule has 88 valence electrons. The first kappa shape index (κ1) is 11.3. The van der Waals surface area contributed by atoms with Crippen molar-refractivity contribution in [2.24, 2.45) is 0 Å². The molecule has 0 aliphatic carbocycles. The van der Waals surface area contributed by atoms with Crippen LogP contribution >= 0.6 is 27.7 Å². The number of alkyl halides is 1. The molecule has 1 aliphatic heterocycles. The second-order valence-corrected chi connectivity index (χ2v) is 6.02. The van der Waals surface area contributed by atoms with Crippen molar-refractivity contribution in [3.05, 3.63) is 41.7 Å². The smallest absolute Gasteiger partial charge is 0.0932 e. The second-order valence-electron chi connectivity index (χ2n) is 4.12. The van der Waals surface area contributed by atoms with Gasteiger partial charge in [-0.2, -0.15) is 0 Å². The van der Waals surface area contributed by atoms with Crippen molar-refractivity contribution >= 4 is 27.7 Å². The zero-order valence-corrected chi connectivity index (χ0v) is 11.6. The lowest BCUT2D eigenvalue weighted by Crippen LogP contribution is -2.12. The molecule has 5 heteroatoms. The molecule has 1 unspecified atom stereocenters. The van der Waals surface area contributed by atoms with Gasteiger partial charge in [-0.3, -0.25) is 4.68 Å². The van der Waals surface area contributed by atoms with Crippen molar-refractivity contribution in [1.82, 2.24) is 15.0 Å². The average molecular weight is 310 g/mol. The van der Waals surface area contributed by atoms with Gasteiger partial charge < -0.3 is 0 Å². The number of hydrogen-bond acceptors (Lipinski definition) is 3. The first-order chi connectivity index (χ1) is 8.35. The van der Waals surface area contributed by atoms with Crippen LogP contribution in [-0.2, 0) is 18.3 Å². The minimum Gasteiger partial charge on any atom is -0.251 e. The molecule has 1 atom stereocenters. The van der Waals surface area contributed by atoms with Gasteiger partial charge in [-0.05, 0) is 18.1 Å². The Kier molecular flexibility index (Phi) is 3.20. The average Bonchev–Trinajstić information content (AvgIpc) is 2.94. The van der Waals surface area contributed by atoms with Crippen LogP contribution in [0.25, 0.3) is 0 Å². The van der Waals surface area contributed by atoms with Crippen molar-refractivity contribution in [2.75, 3.05) is 0 Å². The summed E-state index contributed by atoms with van der Waals surface area (Å²) in [5.74, 6) is 0. The van der Waals surface area contributed by atoms with Gasteiger partial charge in [0.05, 0.1) is 12.2 Å².